The van der Waals surface area contributed by atoms with Crippen LogP contribution in [0.3, 0.4) is 0 Å². The molecular weight excluding hydrogens is 319 g/mol. The Labute approximate surface area is 147 Å². The lowest BCUT2D eigenvalue weighted by Gasteiger charge is -2.25. The Kier molecular flexibility index (Phi) is 6.69. The zero-order chi connectivity index (χ0) is 18.2. The molecule has 0 heterocycles. The van der Waals surface area contributed by atoms with Crippen LogP contribution in [0.1, 0.15) is 25.8 Å². The summed E-state index contributed by atoms with van der Waals surface area (Å²) in [6.45, 7) is 4.79. The molecule has 0 unspecified atom stereocenters. The molecule has 2 rings (SSSR count). The minimum absolute atomic E-state index is 0.0142. The van der Waals surface area contributed by atoms with Crippen LogP contribution in [-0.2, 0) is 16.1 Å². The second-order valence-corrected chi connectivity index (χ2v) is 5.79. The van der Waals surface area contributed by atoms with E-state index in [9.17, 15) is 14.0 Å². The first-order chi connectivity index (χ1) is 12.0. The minimum atomic E-state index is -0.358. The number of carbonyl (C=O) groups is 2. The maximum Gasteiger partial charge on any atom is 0.224 e. The van der Waals surface area contributed by atoms with Gasteiger partial charge in [-0.05, 0) is 36.8 Å². The number of carbonyl (C=O) groups excluding carboxylic acids is 2. The Morgan fingerprint density at radius 1 is 1.00 bits per heavy atom. The molecule has 0 fully saturated rings. The monoisotopic (exact) mass is 342 g/mol. The van der Waals surface area contributed by atoms with Gasteiger partial charge in [0.25, 0.3) is 0 Å². The van der Waals surface area contributed by atoms with Crippen LogP contribution < -0.4 is 4.90 Å². The normalized spacial score (nSPS) is 10.4. The van der Waals surface area contributed by atoms with E-state index in [0.717, 1.165) is 5.56 Å². The summed E-state index contributed by atoms with van der Waals surface area (Å²) >= 11 is 0. The topological polar surface area (TPSA) is 40.6 Å². The van der Waals surface area contributed by atoms with Gasteiger partial charge in [0.1, 0.15) is 5.82 Å². The number of hydrogen-bond donors (Lipinski definition) is 0. The van der Waals surface area contributed by atoms with Crippen LogP contribution in [0.4, 0.5) is 10.1 Å². The van der Waals surface area contributed by atoms with Gasteiger partial charge in [0.2, 0.25) is 11.8 Å². The fourth-order valence-corrected chi connectivity index (χ4v) is 2.64. The standard InChI is InChI=1S/C20H23FN2O2/c1-3-22(15-17-7-5-4-6-8-17)20(25)13-14-23(16(2)24)19-11-9-18(21)10-12-19/h4-12H,3,13-15H2,1-2H3. The average Bonchev–Trinajstić information content (AvgIpc) is 2.61. The van der Waals surface area contributed by atoms with Gasteiger partial charge in [0.15, 0.2) is 0 Å². The van der Waals surface area contributed by atoms with E-state index in [2.05, 4.69) is 0 Å². The number of hydrogen-bond acceptors (Lipinski definition) is 2. The summed E-state index contributed by atoms with van der Waals surface area (Å²) in [6.07, 6.45) is 0.220. The van der Waals surface area contributed by atoms with Gasteiger partial charge in [-0.3, -0.25) is 9.59 Å². The van der Waals surface area contributed by atoms with Crippen LogP contribution in [-0.4, -0.2) is 29.8 Å². The molecule has 2 aromatic rings. The second-order valence-electron chi connectivity index (χ2n) is 5.79. The Hall–Kier alpha value is -2.69. The SMILES string of the molecule is CCN(Cc1ccccc1)C(=O)CCN(C(C)=O)c1ccc(F)cc1. The molecule has 0 aromatic heterocycles. The number of nitrogens with zero attached hydrogens (tertiary/aromatic N) is 2. The van der Waals surface area contributed by atoms with Gasteiger partial charge in [0.05, 0.1) is 0 Å². The largest absolute Gasteiger partial charge is 0.339 e. The van der Waals surface area contributed by atoms with Crippen LogP contribution in [0.5, 0.6) is 0 Å². The molecule has 0 radical (unpaired) electrons. The molecule has 0 atom stereocenters. The summed E-state index contributed by atoms with van der Waals surface area (Å²) in [5.74, 6) is -0.548. The molecule has 4 nitrogen and oxygen atoms in total. The van der Waals surface area contributed by atoms with Crippen molar-refractivity contribution in [2.24, 2.45) is 0 Å². The molecule has 25 heavy (non-hydrogen) atoms. The van der Waals surface area contributed by atoms with Gasteiger partial charge >= 0.3 is 0 Å². The maximum atomic E-state index is 13.1. The third-order valence-electron chi connectivity index (χ3n) is 4.02. The van der Waals surface area contributed by atoms with E-state index in [1.807, 2.05) is 37.3 Å². The number of halogens is 1. The van der Waals surface area contributed by atoms with Crippen molar-refractivity contribution in [3.05, 3.63) is 66.0 Å². The Morgan fingerprint density at radius 3 is 2.20 bits per heavy atom. The number of benzene rings is 2. The van der Waals surface area contributed by atoms with Crippen LogP contribution in [0, 0.1) is 5.82 Å². The molecule has 0 aliphatic carbocycles. The summed E-state index contributed by atoms with van der Waals surface area (Å²) in [6, 6.07) is 15.5. The smallest absolute Gasteiger partial charge is 0.224 e. The highest BCUT2D eigenvalue weighted by molar-refractivity contribution is 5.92. The summed E-state index contributed by atoms with van der Waals surface area (Å²) in [4.78, 5) is 27.7. The Balaban J connectivity index is 1.99. The molecule has 0 saturated heterocycles. The highest BCUT2D eigenvalue weighted by Gasteiger charge is 2.17. The van der Waals surface area contributed by atoms with Crippen molar-refractivity contribution in [2.45, 2.75) is 26.8 Å². The molecule has 0 saturated carbocycles. The molecule has 0 N–H and O–H groups in total. The van der Waals surface area contributed by atoms with Gasteiger partial charge < -0.3 is 9.80 Å². The fourth-order valence-electron chi connectivity index (χ4n) is 2.64. The average molecular weight is 342 g/mol. The van der Waals surface area contributed by atoms with Crippen LogP contribution in [0.2, 0.25) is 0 Å². The van der Waals surface area contributed by atoms with E-state index < -0.39 is 0 Å². The van der Waals surface area contributed by atoms with E-state index in [4.69, 9.17) is 0 Å². The fraction of sp³-hybridized carbons (Fsp3) is 0.300. The highest BCUT2D eigenvalue weighted by Crippen LogP contribution is 2.16. The van der Waals surface area contributed by atoms with Gasteiger partial charge in [-0.1, -0.05) is 30.3 Å². The lowest BCUT2D eigenvalue weighted by Crippen LogP contribution is -2.36. The first-order valence-electron chi connectivity index (χ1n) is 8.36. The molecule has 132 valence electrons. The van der Waals surface area contributed by atoms with E-state index in [-0.39, 0.29) is 30.6 Å². The van der Waals surface area contributed by atoms with Crippen molar-refractivity contribution in [3.63, 3.8) is 0 Å². The summed E-state index contributed by atoms with van der Waals surface area (Å²) < 4.78 is 13.1. The zero-order valence-corrected chi connectivity index (χ0v) is 14.6. The Bertz CT molecular complexity index is 701. The number of rotatable bonds is 7. The van der Waals surface area contributed by atoms with E-state index >= 15 is 0 Å². The van der Waals surface area contributed by atoms with Crippen molar-refractivity contribution < 1.29 is 14.0 Å². The van der Waals surface area contributed by atoms with Crippen molar-refractivity contribution in [1.82, 2.24) is 4.90 Å². The quantitative estimate of drug-likeness (QED) is 0.771. The summed E-state index contributed by atoms with van der Waals surface area (Å²) in [5.41, 5.74) is 1.66. The van der Waals surface area contributed by atoms with Crippen LogP contribution >= 0.6 is 0 Å². The molecule has 0 aliphatic rings. The molecule has 0 aliphatic heterocycles. The van der Waals surface area contributed by atoms with Crippen molar-refractivity contribution in [3.8, 4) is 0 Å². The highest BCUT2D eigenvalue weighted by atomic mass is 19.1. The second kappa shape index (κ2) is 8.97. The third-order valence-corrected chi connectivity index (χ3v) is 4.02. The molecular formula is C20H23FN2O2. The Morgan fingerprint density at radius 2 is 1.64 bits per heavy atom. The van der Waals surface area contributed by atoms with Crippen molar-refractivity contribution in [1.29, 1.82) is 0 Å². The lowest BCUT2D eigenvalue weighted by molar-refractivity contribution is -0.131. The predicted octanol–water partition coefficient (Wildman–Crippen LogP) is 3.62. The van der Waals surface area contributed by atoms with Crippen molar-refractivity contribution in [2.75, 3.05) is 18.0 Å². The van der Waals surface area contributed by atoms with Crippen molar-refractivity contribution >= 4 is 17.5 Å². The molecule has 2 amide bonds. The van der Waals surface area contributed by atoms with Crippen LogP contribution in [0.15, 0.2) is 54.6 Å². The van der Waals surface area contributed by atoms with E-state index in [1.54, 1.807) is 17.0 Å². The molecule has 0 bridgehead atoms. The molecule has 2 aromatic carbocycles. The molecule has 5 heteroatoms. The summed E-state index contributed by atoms with van der Waals surface area (Å²) in [7, 11) is 0. The first kappa shape index (κ1) is 18.6. The minimum Gasteiger partial charge on any atom is -0.339 e. The lowest BCUT2D eigenvalue weighted by atomic mass is 10.2. The molecule has 0 spiro atoms. The maximum absolute atomic E-state index is 13.1. The van der Waals surface area contributed by atoms with Crippen LogP contribution in [0.25, 0.3) is 0 Å². The van der Waals surface area contributed by atoms with E-state index in [1.165, 1.54) is 24.0 Å². The summed E-state index contributed by atoms with van der Waals surface area (Å²) in [5, 5.41) is 0. The number of amides is 2. The number of anilines is 1. The van der Waals surface area contributed by atoms with Gasteiger partial charge in [-0.2, -0.15) is 0 Å². The van der Waals surface area contributed by atoms with Gasteiger partial charge in [0, 0.05) is 38.7 Å². The van der Waals surface area contributed by atoms with E-state index in [0.29, 0.717) is 18.8 Å². The first-order valence-corrected chi connectivity index (χ1v) is 8.36. The predicted molar refractivity (Wildman–Crippen MR) is 96.6 cm³/mol. The third kappa shape index (κ3) is 5.41. The van der Waals surface area contributed by atoms with Gasteiger partial charge in [-0.25, -0.2) is 4.39 Å². The van der Waals surface area contributed by atoms with Gasteiger partial charge in [-0.15, -0.1) is 0 Å². The zero-order valence-electron chi connectivity index (χ0n) is 14.6.